The summed E-state index contributed by atoms with van der Waals surface area (Å²) in [6, 6.07) is 12.0. The second-order valence-corrected chi connectivity index (χ2v) is 6.20. The number of nitrogens with two attached hydrogens (primary N) is 1. The molecular weight excluding hydrogens is 401 g/mol. The molecule has 10 heteroatoms. The molecule has 0 aliphatic heterocycles. The summed E-state index contributed by atoms with van der Waals surface area (Å²) >= 11 is 0. The Balaban J connectivity index is 0.000000222. The van der Waals surface area contributed by atoms with Crippen molar-refractivity contribution in [3.8, 4) is 11.7 Å². The zero-order valence-electron chi connectivity index (χ0n) is 16.6. The molecule has 30 heavy (non-hydrogen) atoms. The van der Waals surface area contributed by atoms with Crippen LogP contribution in [0.25, 0.3) is 5.69 Å². The zero-order chi connectivity index (χ0) is 22.5. The third-order valence-electron chi connectivity index (χ3n) is 4.13. The Hall–Kier alpha value is -3.40. The predicted octanol–water partition coefficient (Wildman–Crippen LogP) is 2.95. The number of ketones is 1. The third-order valence-corrected chi connectivity index (χ3v) is 4.13. The summed E-state index contributed by atoms with van der Waals surface area (Å²) in [5.41, 5.74) is 6.24. The van der Waals surface area contributed by atoms with Crippen molar-refractivity contribution < 1.29 is 22.7 Å². The van der Waals surface area contributed by atoms with Gasteiger partial charge in [-0.05, 0) is 30.7 Å². The van der Waals surface area contributed by atoms with Crippen LogP contribution >= 0.6 is 0 Å². The maximum absolute atomic E-state index is 12.1. The van der Waals surface area contributed by atoms with Crippen molar-refractivity contribution in [1.82, 2.24) is 14.3 Å². The van der Waals surface area contributed by atoms with Gasteiger partial charge in [-0.15, -0.1) is 5.10 Å². The van der Waals surface area contributed by atoms with E-state index in [0.717, 1.165) is 17.7 Å². The second-order valence-electron chi connectivity index (χ2n) is 6.20. The number of methoxy groups -OCH3 is 1. The number of carbonyl (C=O) groups excluding carboxylic acids is 1. The Kier molecular flexibility index (Phi) is 7.17. The number of halogens is 3. The molecule has 1 aromatic heterocycles. The fourth-order valence-corrected chi connectivity index (χ4v) is 2.60. The summed E-state index contributed by atoms with van der Waals surface area (Å²) in [5, 5.41) is 3.98. The first-order valence-electron chi connectivity index (χ1n) is 8.76. The van der Waals surface area contributed by atoms with Gasteiger partial charge in [0.15, 0.2) is 5.78 Å². The van der Waals surface area contributed by atoms with Crippen molar-refractivity contribution in [2.24, 2.45) is 12.8 Å². The summed E-state index contributed by atoms with van der Waals surface area (Å²) in [6.45, 7) is 1.58. The van der Waals surface area contributed by atoms with Gasteiger partial charge in [-0.25, -0.2) is 14.0 Å². The third kappa shape index (κ3) is 5.15. The molecule has 0 aliphatic rings. The van der Waals surface area contributed by atoms with Gasteiger partial charge in [0.25, 0.3) is 0 Å². The van der Waals surface area contributed by atoms with Crippen molar-refractivity contribution in [2.45, 2.75) is 19.6 Å². The number of aryl methyl sites for hydroxylation is 1. The minimum absolute atomic E-state index is 0.0785. The maximum atomic E-state index is 12.1. The monoisotopic (exact) mass is 422 g/mol. The Morgan fingerprint density at radius 1 is 1.17 bits per heavy atom. The van der Waals surface area contributed by atoms with E-state index in [4.69, 9.17) is 10.5 Å². The number of alkyl halides is 3. The summed E-state index contributed by atoms with van der Waals surface area (Å²) < 4.78 is 44.1. The summed E-state index contributed by atoms with van der Waals surface area (Å²) in [5.74, 6) is -0.369. The number of para-hydroxylation sites is 1. The SMILES string of the molecule is CC(=O)c1cccc(C(F)(F)F)c1.COc1nn(C)c(=O)n1-c1ccccc1CN. The molecule has 0 fully saturated rings. The van der Waals surface area contributed by atoms with Gasteiger partial charge in [0.2, 0.25) is 0 Å². The quantitative estimate of drug-likeness (QED) is 0.653. The molecular formula is C20H21F3N4O3. The van der Waals surface area contributed by atoms with Gasteiger partial charge in [-0.1, -0.05) is 30.3 Å². The van der Waals surface area contributed by atoms with Crippen molar-refractivity contribution >= 4 is 5.78 Å². The molecule has 1 heterocycles. The molecule has 3 rings (SSSR count). The molecule has 0 unspecified atom stereocenters. The Labute approximate surface area is 170 Å². The molecule has 0 saturated carbocycles. The normalized spacial score (nSPS) is 10.9. The highest BCUT2D eigenvalue weighted by Gasteiger charge is 2.30. The van der Waals surface area contributed by atoms with Crippen molar-refractivity contribution in [3.63, 3.8) is 0 Å². The topological polar surface area (TPSA) is 92.1 Å². The van der Waals surface area contributed by atoms with Crippen molar-refractivity contribution in [2.75, 3.05) is 7.11 Å². The van der Waals surface area contributed by atoms with Gasteiger partial charge in [0.05, 0.1) is 18.4 Å². The molecule has 0 bridgehead atoms. The van der Waals surface area contributed by atoms with Crippen molar-refractivity contribution in [3.05, 3.63) is 75.7 Å². The van der Waals surface area contributed by atoms with Crippen LogP contribution in [0.3, 0.4) is 0 Å². The number of carbonyl (C=O) groups is 1. The summed E-state index contributed by atoms with van der Waals surface area (Å²) in [6.07, 6.45) is -4.38. The lowest BCUT2D eigenvalue weighted by Crippen LogP contribution is -2.22. The van der Waals surface area contributed by atoms with Crippen LogP contribution in [-0.4, -0.2) is 27.2 Å². The number of rotatable bonds is 4. The lowest BCUT2D eigenvalue weighted by Gasteiger charge is -2.08. The molecule has 3 aromatic rings. The number of hydrogen-bond acceptors (Lipinski definition) is 5. The first kappa shape index (κ1) is 22.9. The van der Waals surface area contributed by atoms with Crippen LogP contribution < -0.4 is 16.2 Å². The highest BCUT2D eigenvalue weighted by atomic mass is 19.4. The van der Waals surface area contributed by atoms with Crippen LogP contribution in [-0.2, 0) is 19.8 Å². The van der Waals surface area contributed by atoms with Crippen LogP contribution in [0.1, 0.15) is 28.4 Å². The van der Waals surface area contributed by atoms with E-state index < -0.39 is 11.7 Å². The highest BCUT2D eigenvalue weighted by molar-refractivity contribution is 5.94. The molecule has 2 N–H and O–H groups in total. The van der Waals surface area contributed by atoms with Crippen LogP contribution in [0.5, 0.6) is 6.01 Å². The van der Waals surface area contributed by atoms with Crippen LogP contribution in [0, 0.1) is 0 Å². The van der Waals surface area contributed by atoms with Gasteiger partial charge < -0.3 is 10.5 Å². The van der Waals surface area contributed by atoms with Gasteiger partial charge in [-0.3, -0.25) is 4.79 Å². The fourth-order valence-electron chi connectivity index (χ4n) is 2.60. The number of aromatic nitrogens is 3. The van der Waals surface area contributed by atoms with Crippen LogP contribution in [0.4, 0.5) is 13.2 Å². The van der Waals surface area contributed by atoms with E-state index in [1.54, 1.807) is 7.05 Å². The van der Waals surface area contributed by atoms with E-state index in [-0.39, 0.29) is 23.0 Å². The number of Topliss-reactive ketones (excluding diaryl/α,β-unsaturated/α-hetero) is 1. The van der Waals surface area contributed by atoms with Gasteiger partial charge in [0, 0.05) is 19.2 Å². The lowest BCUT2D eigenvalue weighted by molar-refractivity contribution is -0.137. The molecule has 2 aromatic carbocycles. The zero-order valence-corrected chi connectivity index (χ0v) is 16.6. The van der Waals surface area contributed by atoms with E-state index in [0.29, 0.717) is 12.2 Å². The van der Waals surface area contributed by atoms with E-state index in [1.165, 1.54) is 35.4 Å². The smallest absolute Gasteiger partial charge is 0.416 e. The van der Waals surface area contributed by atoms with Gasteiger partial charge in [0.1, 0.15) is 0 Å². The summed E-state index contributed by atoms with van der Waals surface area (Å²) in [4.78, 5) is 22.7. The Morgan fingerprint density at radius 2 is 1.83 bits per heavy atom. The number of nitrogens with zero attached hydrogens (tertiary/aromatic N) is 3. The minimum atomic E-state index is -4.38. The number of ether oxygens (including phenoxy) is 1. The predicted molar refractivity (Wildman–Crippen MR) is 105 cm³/mol. The van der Waals surface area contributed by atoms with Gasteiger partial charge in [-0.2, -0.15) is 13.2 Å². The van der Waals surface area contributed by atoms with E-state index in [9.17, 15) is 22.8 Å². The molecule has 0 radical (unpaired) electrons. The van der Waals surface area contributed by atoms with Crippen molar-refractivity contribution in [1.29, 1.82) is 0 Å². The molecule has 0 spiro atoms. The van der Waals surface area contributed by atoms with Crippen LogP contribution in [0.15, 0.2) is 53.3 Å². The van der Waals surface area contributed by atoms with Crippen LogP contribution in [0.2, 0.25) is 0 Å². The summed E-state index contributed by atoms with van der Waals surface area (Å²) in [7, 11) is 3.05. The highest BCUT2D eigenvalue weighted by Crippen LogP contribution is 2.29. The molecule has 160 valence electrons. The maximum Gasteiger partial charge on any atom is 0.416 e. The second kappa shape index (κ2) is 9.40. The first-order chi connectivity index (χ1) is 14.1. The Bertz CT molecular complexity index is 1090. The standard InChI is InChI=1S/C11H14N4O2.C9H7F3O/c1-14-11(16)15(10(13-14)17-2)9-6-4-3-5-8(9)7-12;1-6(13)7-3-2-4-8(5-7)9(10,11)12/h3-6H,7,12H2,1-2H3;2-5H,1H3. The molecule has 0 amide bonds. The van der Waals surface area contributed by atoms with E-state index in [2.05, 4.69) is 5.10 Å². The fraction of sp³-hybridized carbons (Fsp3) is 0.250. The lowest BCUT2D eigenvalue weighted by atomic mass is 10.1. The van der Waals surface area contributed by atoms with Gasteiger partial charge >= 0.3 is 17.9 Å². The minimum Gasteiger partial charge on any atom is -0.467 e. The number of hydrogen-bond donors (Lipinski definition) is 1. The van der Waals surface area contributed by atoms with E-state index in [1.807, 2.05) is 24.3 Å². The molecule has 0 saturated heterocycles. The first-order valence-corrected chi connectivity index (χ1v) is 8.76. The largest absolute Gasteiger partial charge is 0.467 e. The van der Waals surface area contributed by atoms with E-state index >= 15 is 0 Å². The average molecular weight is 422 g/mol. The average Bonchev–Trinajstić information content (AvgIpc) is 3.01. The molecule has 0 aliphatic carbocycles. The Morgan fingerprint density at radius 3 is 2.40 bits per heavy atom. The molecule has 7 nitrogen and oxygen atoms in total. The molecule has 0 atom stereocenters. The number of benzene rings is 2.